The minimum atomic E-state index is -0.848. The normalized spacial score (nSPS) is 11.9. The summed E-state index contributed by atoms with van der Waals surface area (Å²) in [6.07, 6.45) is 4.55. The van der Waals surface area contributed by atoms with Crippen LogP contribution in [0.2, 0.25) is 0 Å². The van der Waals surface area contributed by atoms with E-state index in [4.69, 9.17) is 4.42 Å². The lowest BCUT2D eigenvalue weighted by Crippen LogP contribution is -2.10. The number of carbonyl (C=O) groups is 1. The zero-order valence-electron chi connectivity index (χ0n) is 10.5. The minimum absolute atomic E-state index is 0.261. The Morgan fingerprint density at radius 1 is 1.20 bits per heavy atom. The summed E-state index contributed by atoms with van der Waals surface area (Å²) in [4.78, 5) is 16.4. The van der Waals surface area contributed by atoms with Crippen molar-refractivity contribution in [2.75, 3.05) is 0 Å². The fourth-order valence-corrected chi connectivity index (χ4v) is 2.16. The molecule has 0 aliphatic carbocycles. The van der Waals surface area contributed by atoms with Crippen molar-refractivity contribution in [3.05, 3.63) is 66.2 Å². The van der Waals surface area contributed by atoms with E-state index in [0.29, 0.717) is 16.7 Å². The molecule has 4 nitrogen and oxygen atoms in total. The molecule has 1 atom stereocenters. The maximum atomic E-state index is 12.5. The summed E-state index contributed by atoms with van der Waals surface area (Å²) >= 11 is 0. The Balaban J connectivity index is 2.06. The highest BCUT2D eigenvalue weighted by Gasteiger charge is 2.24. The summed E-state index contributed by atoms with van der Waals surface area (Å²) in [5.41, 5.74) is 1.71. The van der Waals surface area contributed by atoms with Crippen molar-refractivity contribution in [3.63, 3.8) is 0 Å². The summed E-state index contributed by atoms with van der Waals surface area (Å²) < 4.78 is 5.36. The Hall–Kier alpha value is -2.93. The van der Waals surface area contributed by atoms with Crippen LogP contribution in [0.4, 0.5) is 0 Å². The molecule has 0 radical (unpaired) electrons. The van der Waals surface area contributed by atoms with Crippen molar-refractivity contribution in [1.29, 1.82) is 5.26 Å². The molecule has 0 amide bonds. The largest absolute Gasteiger partial charge is 0.464 e. The molecule has 0 saturated carbocycles. The average Bonchev–Trinajstić information content (AvgIpc) is 2.93. The highest BCUT2D eigenvalue weighted by molar-refractivity contribution is 6.11. The number of Topliss-reactive ketones (excluding diaryl/α,β-unsaturated/α-hetero) is 1. The second-order valence-corrected chi connectivity index (χ2v) is 4.35. The SMILES string of the molecule is N#CC(C(=O)c1coc2ccccc12)c1ccncc1. The number of ketones is 1. The lowest BCUT2D eigenvalue weighted by molar-refractivity contribution is 0.0979. The van der Waals surface area contributed by atoms with Gasteiger partial charge in [-0.3, -0.25) is 9.78 Å². The zero-order valence-corrected chi connectivity index (χ0v) is 10.5. The van der Waals surface area contributed by atoms with E-state index in [9.17, 15) is 10.1 Å². The van der Waals surface area contributed by atoms with Crippen LogP contribution in [0.25, 0.3) is 11.0 Å². The fraction of sp³-hybridized carbons (Fsp3) is 0.0625. The van der Waals surface area contributed by atoms with Crippen LogP contribution in [-0.2, 0) is 0 Å². The first-order chi connectivity index (χ1) is 9.81. The van der Waals surface area contributed by atoms with Gasteiger partial charge in [-0.05, 0) is 23.8 Å². The monoisotopic (exact) mass is 262 g/mol. The van der Waals surface area contributed by atoms with Crippen LogP contribution in [-0.4, -0.2) is 10.8 Å². The van der Waals surface area contributed by atoms with Gasteiger partial charge in [-0.25, -0.2) is 0 Å². The number of fused-ring (bicyclic) bond motifs is 1. The third-order valence-electron chi connectivity index (χ3n) is 3.18. The van der Waals surface area contributed by atoms with Crippen molar-refractivity contribution < 1.29 is 9.21 Å². The number of pyridine rings is 1. The molecular formula is C16H10N2O2. The van der Waals surface area contributed by atoms with Gasteiger partial charge in [-0.1, -0.05) is 18.2 Å². The first-order valence-corrected chi connectivity index (χ1v) is 6.11. The van der Waals surface area contributed by atoms with E-state index in [1.165, 1.54) is 6.26 Å². The predicted octanol–water partition coefficient (Wildman–Crippen LogP) is 3.32. The first kappa shape index (κ1) is 12.1. The second kappa shape index (κ2) is 4.98. The molecule has 0 N–H and O–H groups in total. The van der Waals surface area contributed by atoms with Gasteiger partial charge in [0.25, 0.3) is 0 Å². The number of nitriles is 1. The molecule has 2 aromatic heterocycles. The van der Waals surface area contributed by atoms with Crippen LogP contribution in [0.1, 0.15) is 21.8 Å². The van der Waals surface area contributed by atoms with Crippen molar-refractivity contribution in [1.82, 2.24) is 4.98 Å². The molecule has 4 heteroatoms. The Labute approximate surface area is 115 Å². The van der Waals surface area contributed by atoms with Gasteiger partial charge in [-0.2, -0.15) is 5.26 Å². The van der Waals surface area contributed by atoms with Crippen LogP contribution in [0, 0.1) is 11.3 Å². The molecule has 96 valence electrons. The first-order valence-electron chi connectivity index (χ1n) is 6.11. The highest BCUT2D eigenvalue weighted by Crippen LogP contribution is 2.26. The van der Waals surface area contributed by atoms with E-state index in [0.717, 1.165) is 5.39 Å². The highest BCUT2D eigenvalue weighted by atomic mass is 16.3. The summed E-state index contributed by atoms with van der Waals surface area (Å²) in [7, 11) is 0. The van der Waals surface area contributed by atoms with E-state index in [-0.39, 0.29) is 5.78 Å². The number of furan rings is 1. The van der Waals surface area contributed by atoms with Gasteiger partial charge in [-0.15, -0.1) is 0 Å². The summed E-state index contributed by atoms with van der Waals surface area (Å²) in [6.45, 7) is 0. The van der Waals surface area contributed by atoms with E-state index in [1.54, 1.807) is 30.6 Å². The number of rotatable bonds is 3. The van der Waals surface area contributed by atoms with Crippen LogP contribution < -0.4 is 0 Å². The topological polar surface area (TPSA) is 66.9 Å². The Morgan fingerprint density at radius 3 is 2.70 bits per heavy atom. The smallest absolute Gasteiger partial charge is 0.188 e. The van der Waals surface area contributed by atoms with E-state index < -0.39 is 5.92 Å². The molecule has 1 aromatic carbocycles. The van der Waals surface area contributed by atoms with Gasteiger partial charge in [0.2, 0.25) is 0 Å². The van der Waals surface area contributed by atoms with Gasteiger partial charge in [0.05, 0.1) is 11.6 Å². The second-order valence-electron chi connectivity index (χ2n) is 4.35. The molecular weight excluding hydrogens is 252 g/mol. The molecule has 20 heavy (non-hydrogen) atoms. The van der Waals surface area contributed by atoms with Gasteiger partial charge in [0, 0.05) is 17.8 Å². The molecule has 0 spiro atoms. The summed E-state index contributed by atoms with van der Waals surface area (Å²) in [5.74, 6) is -1.11. The van der Waals surface area contributed by atoms with Gasteiger partial charge >= 0.3 is 0 Å². The molecule has 1 unspecified atom stereocenters. The zero-order chi connectivity index (χ0) is 13.9. The van der Waals surface area contributed by atoms with E-state index in [2.05, 4.69) is 11.1 Å². The van der Waals surface area contributed by atoms with Crippen molar-refractivity contribution in [2.24, 2.45) is 0 Å². The molecule has 0 aliphatic rings. The third-order valence-corrected chi connectivity index (χ3v) is 3.18. The Morgan fingerprint density at radius 2 is 1.95 bits per heavy atom. The molecule has 0 fully saturated rings. The van der Waals surface area contributed by atoms with Crippen molar-refractivity contribution in [3.8, 4) is 6.07 Å². The Kier molecular flexibility index (Phi) is 3.02. The van der Waals surface area contributed by atoms with E-state index in [1.807, 2.05) is 18.2 Å². The van der Waals surface area contributed by atoms with Gasteiger partial charge < -0.3 is 4.42 Å². The quantitative estimate of drug-likeness (QED) is 0.679. The summed E-state index contributed by atoms with van der Waals surface area (Å²) in [5, 5.41) is 10.0. The number of carbonyl (C=O) groups excluding carboxylic acids is 1. The number of hydrogen-bond acceptors (Lipinski definition) is 4. The van der Waals surface area contributed by atoms with Crippen LogP contribution in [0.15, 0.2) is 59.5 Å². The molecule has 3 aromatic rings. The molecule has 3 rings (SSSR count). The van der Waals surface area contributed by atoms with Gasteiger partial charge in [0.15, 0.2) is 5.78 Å². The lowest BCUT2D eigenvalue weighted by atomic mass is 9.92. The maximum Gasteiger partial charge on any atom is 0.188 e. The number of aromatic nitrogens is 1. The van der Waals surface area contributed by atoms with Crippen LogP contribution in [0.3, 0.4) is 0 Å². The molecule has 2 heterocycles. The fourth-order valence-electron chi connectivity index (χ4n) is 2.16. The summed E-state index contributed by atoms with van der Waals surface area (Å²) in [6, 6.07) is 12.7. The van der Waals surface area contributed by atoms with Gasteiger partial charge in [0.1, 0.15) is 17.8 Å². The molecule has 0 bridgehead atoms. The van der Waals surface area contributed by atoms with Crippen molar-refractivity contribution in [2.45, 2.75) is 5.92 Å². The molecule has 0 aliphatic heterocycles. The number of nitrogens with zero attached hydrogens (tertiary/aromatic N) is 2. The number of hydrogen-bond donors (Lipinski definition) is 0. The van der Waals surface area contributed by atoms with Crippen LogP contribution in [0.5, 0.6) is 0 Å². The standard InChI is InChI=1S/C16H10N2O2/c17-9-13(11-5-7-18-8-6-11)16(19)14-10-20-15-4-2-1-3-12(14)15/h1-8,10,13H. The average molecular weight is 262 g/mol. The van der Waals surface area contributed by atoms with Crippen molar-refractivity contribution >= 4 is 16.8 Å². The van der Waals surface area contributed by atoms with Crippen LogP contribution >= 0.6 is 0 Å². The number of benzene rings is 1. The maximum absolute atomic E-state index is 12.5. The predicted molar refractivity (Wildman–Crippen MR) is 73.1 cm³/mol. The minimum Gasteiger partial charge on any atom is -0.464 e. The molecule has 0 saturated heterocycles. The Bertz CT molecular complexity index is 800. The lowest BCUT2D eigenvalue weighted by Gasteiger charge is -2.06. The number of para-hydroxylation sites is 1. The van der Waals surface area contributed by atoms with E-state index >= 15 is 0 Å². The third kappa shape index (κ3) is 1.95.